The number of allylic oxidation sites excluding steroid dienone is 2. The van der Waals surface area contributed by atoms with Gasteiger partial charge in [0.2, 0.25) is 0 Å². The molecule has 40 heteroatoms. The molecular weight excluding hydrogens is 1420 g/mol. The predicted octanol–water partition coefficient (Wildman–Crippen LogP) is 4.88. The van der Waals surface area contributed by atoms with Crippen molar-refractivity contribution in [3.63, 3.8) is 0 Å². The lowest BCUT2D eigenvalue weighted by atomic mass is 10.1. The van der Waals surface area contributed by atoms with Crippen LogP contribution in [-0.4, -0.2) is 240 Å². The van der Waals surface area contributed by atoms with Crippen LogP contribution in [0.2, 0.25) is 0 Å². The van der Waals surface area contributed by atoms with Crippen LogP contribution in [0.1, 0.15) is 174 Å². The number of nitrogens with one attached hydrogen (secondary N) is 1. The fourth-order valence-corrected chi connectivity index (χ4v) is 9.40. The molecule has 1 aliphatic carbocycles. The Bertz CT molecular complexity index is 2790. The third-order valence-corrected chi connectivity index (χ3v) is 15.6. The molecule has 36 nitrogen and oxygen atoms in total. The van der Waals surface area contributed by atoms with Crippen molar-refractivity contribution in [3.8, 4) is 0 Å². The van der Waals surface area contributed by atoms with Crippen LogP contribution in [0.15, 0.2) is 49.1 Å². The average molecular weight is 1530 g/mol. The molecule has 3 aliphatic heterocycles. The van der Waals surface area contributed by atoms with Gasteiger partial charge in [0.25, 0.3) is 35.4 Å². The highest BCUT2D eigenvalue weighted by Crippen LogP contribution is 2.41. The summed E-state index contributed by atoms with van der Waals surface area (Å²) in [5.41, 5.74) is 4.30. The number of imide groups is 3. The molecule has 11 N–H and O–H groups in total. The van der Waals surface area contributed by atoms with Crippen molar-refractivity contribution in [3.05, 3.63) is 49.1 Å². The molecule has 0 spiro atoms. The number of ether oxygens (including phenoxy) is 2. The van der Waals surface area contributed by atoms with Crippen LogP contribution in [0.3, 0.4) is 0 Å². The van der Waals surface area contributed by atoms with Gasteiger partial charge in [-0.05, 0) is 99.1 Å². The van der Waals surface area contributed by atoms with Crippen LogP contribution < -0.4 is 5.73 Å². The second kappa shape index (κ2) is 56.8. The minimum atomic E-state index is -4.78. The van der Waals surface area contributed by atoms with E-state index in [0.717, 1.165) is 70.7 Å². The first-order valence-electron chi connectivity index (χ1n) is 31.6. The number of hydrogen-bond donors (Lipinski definition) is 10. The molecule has 0 bridgehead atoms. The number of hydroxylamine groups is 2. The van der Waals surface area contributed by atoms with Gasteiger partial charge >= 0.3 is 53.1 Å². The summed E-state index contributed by atoms with van der Waals surface area (Å²) < 4.78 is 50.8. The smallest absolute Gasteiger partial charge is 0.403 e. The first-order chi connectivity index (χ1) is 46.1. The summed E-state index contributed by atoms with van der Waals surface area (Å²) in [5, 5.41) is 17.1. The number of carbonyl (C=O) groups excluding carboxylic acids is 11. The maximum absolute atomic E-state index is 11.7. The van der Waals surface area contributed by atoms with E-state index in [2.05, 4.69) is 63.4 Å². The Morgan fingerprint density at radius 1 is 0.535 bits per heavy atom. The minimum absolute atomic E-state index is 0. The Hall–Kier alpha value is -6.66. The largest absolute Gasteiger partial charge is 0.481 e. The lowest BCUT2D eigenvalue weighted by molar-refractivity contribution is -0.197. The maximum atomic E-state index is 11.7. The van der Waals surface area contributed by atoms with E-state index in [0.29, 0.717) is 27.2 Å². The van der Waals surface area contributed by atoms with E-state index in [9.17, 15) is 85.8 Å². The number of unbranched alkanes of at least 4 members (excludes halogenated alkanes) is 3. The van der Waals surface area contributed by atoms with Gasteiger partial charge in [0.1, 0.15) is 11.2 Å². The van der Waals surface area contributed by atoms with Crippen molar-refractivity contribution in [2.24, 2.45) is 5.73 Å². The fraction of sp³-hybridized carbons (Fsp3) is 0.656. The zero-order valence-electron chi connectivity index (χ0n) is 59.2. The second-order valence-electron chi connectivity index (χ2n) is 22.8. The lowest BCUT2D eigenvalue weighted by Gasteiger charge is -2.24. The number of ketones is 2. The summed E-state index contributed by atoms with van der Waals surface area (Å²) in [7, 11) is -13.7. The molecule has 0 radical (unpaired) electrons. The lowest BCUT2D eigenvalue weighted by Crippen LogP contribution is -2.38. The van der Waals surface area contributed by atoms with Crippen LogP contribution in [-0.2, 0) is 103 Å². The van der Waals surface area contributed by atoms with Gasteiger partial charge in [-0.2, -0.15) is 0 Å². The van der Waals surface area contributed by atoms with Gasteiger partial charge < -0.3 is 64.5 Å². The van der Waals surface area contributed by atoms with Gasteiger partial charge in [-0.3, -0.25) is 62.5 Å². The molecule has 0 aromatic rings. The van der Waals surface area contributed by atoms with Crippen molar-refractivity contribution in [1.29, 1.82) is 4.78 Å². The molecule has 0 aromatic heterocycles. The molecule has 0 aromatic carbocycles. The number of carbonyl (C=O) groups is 13. The van der Waals surface area contributed by atoms with Crippen molar-refractivity contribution in [1.82, 2.24) is 33.8 Å². The fourth-order valence-electron chi connectivity index (χ4n) is 7.16. The number of carboxylic acid groups (broad SMARTS) is 2. The topological polar surface area (TPSA) is 535 Å². The number of hydrogen-bond acceptors (Lipinski definition) is 23. The van der Waals surface area contributed by atoms with E-state index < -0.39 is 102 Å². The van der Waals surface area contributed by atoms with E-state index in [1.165, 1.54) is 44.6 Å². The second-order valence-corrected chi connectivity index (χ2v) is 27.6. The zero-order valence-corrected chi connectivity index (χ0v) is 62.7. The SMILES string of the molecule is C.C=CC(=O)OC(C)(C)C.CCCCCCC(=O)OC(C)(C)C.CCCN.CCCN(CCC(=O)O)P(=O)(O)O.CCN(CC)CC.N=S.O=C(CCN(CCN1C(=O)C=CC1=O)P(=O)(O)O)ON1C(=O)CCC1=O.O=C(O)CCN(CCN1C(=O)C=CC1=O)P(=O)(O)O.O=C1C=CC(=O)C1. The summed E-state index contributed by atoms with van der Waals surface area (Å²) in [6.45, 7) is 29.4. The van der Waals surface area contributed by atoms with Crippen LogP contribution in [0.5, 0.6) is 0 Å². The van der Waals surface area contributed by atoms with Gasteiger partial charge in [-0.1, -0.05) is 74.8 Å². The highest BCUT2D eigenvalue weighted by molar-refractivity contribution is 7.49. The van der Waals surface area contributed by atoms with E-state index in [1.54, 1.807) is 6.92 Å². The number of amides is 6. The van der Waals surface area contributed by atoms with Gasteiger partial charge in [-0.25, -0.2) is 42.1 Å². The third kappa shape index (κ3) is 57.5. The monoisotopic (exact) mass is 1530 g/mol. The van der Waals surface area contributed by atoms with E-state index >= 15 is 0 Å². The molecule has 0 saturated carbocycles. The molecule has 1 fully saturated rings. The minimum Gasteiger partial charge on any atom is -0.481 e. The first-order valence-corrected chi connectivity index (χ1v) is 36.7. The molecule has 4 aliphatic rings. The summed E-state index contributed by atoms with van der Waals surface area (Å²) >= 11 is 3.33. The molecule has 0 atom stereocenters. The van der Waals surface area contributed by atoms with Gasteiger partial charge in [0, 0.05) is 114 Å². The molecular formula is C61H110N9O27P3S. The Balaban J connectivity index is -0.000000269. The van der Waals surface area contributed by atoms with Crippen LogP contribution in [0.4, 0.5) is 0 Å². The van der Waals surface area contributed by atoms with Crippen LogP contribution in [0, 0.1) is 4.78 Å². The summed E-state index contributed by atoms with van der Waals surface area (Å²) in [6.07, 6.45) is 13.4. The van der Waals surface area contributed by atoms with Crippen LogP contribution in [0.25, 0.3) is 0 Å². The normalized spacial score (nSPS) is 13.8. The zero-order chi connectivity index (χ0) is 78.8. The molecule has 3 heterocycles. The molecule has 101 heavy (non-hydrogen) atoms. The maximum Gasteiger partial charge on any atom is 0.403 e. The number of nitrogens with zero attached hydrogens (tertiary/aromatic N) is 7. The van der Waals surface area contributed by atoms with Gasteiger partial charge in [0.15, 0.2) is 11.6 Å². The van der Waals surface area contributed by atoms with Gasteiger partial charge in [-0.15, -0.1) is 5.06 Å². The molecule has 1 saturated heterocycles. The number of aliphatic carboxylic acids is 2. The molecule has 4 rings (SSSR count). The van der Waals surface area contributed by atoms with Gasteiger partial charge in [0.05, 0.1) is 25.7 Å². The molecule has 0 unspecified atom stereocenters. The van der Waals surface area contributed by atoms with E-state index in [4.69, 9.17) is 49.8 Å². The predicted molar refractivity (Wildman–Crippen MR) is 373 cm³/mol. The van der Waals surface area contributed by atoms with E-state index in [1.807, 2.05) is 41.5 Å². The van der Waals surface area contributed by atoms with Crippen LogP contribution >= 0.6 is 23.2 Å². The molecule has 6 amide bonds. The average Bonchev–Trinajstić information content (AvgIpc) is 1.80. The first kappa shape index (κ1) is 105. The van der Waals surface area contributed by atoms with Crippen molar-refractivity contribution < 1.29 is 130 Å². The summed E-state index contributed by atoms with van der Waals surface area (Å²) in [5.74, 6) is -7.56. The third-order valence-electron chi connectivity index (χ3n) is 12.2. The Morgan fingerprint density at radius 2 is 0.881 bits per heavy atom. The number of carboxylic acids is 2. The van der Waals surface area contributed by atoms with E-state index in [-0.39, 0.29) is 108 Å². The summed E-state index contributed by atoms with van der Waals surface area (Å²) in [6, 6.07) is 0. The Labute approximate surface area is 597 Å². The summed E-state index contributed by atoms with van der Waals surface area (Å²) in [4.78, 5) is 205. The Morgan fingerprint density at radius 3 is 1.13 bits per heavy atom. The highest BCUT2D eigenvalue weighted by atomic mass is 32.1. The number of esters is 2. The highest BCUT2D eigenvalue weighted by Gasteiger charge is 2.35. The number of nitrogens with two attached hydrogens (primary N) is 1. The molecule has 582 valence electrons. The van der Waals surface area contributed by atoms with Crippen molar-refractivity contribution in [2.75, 3.05) is 78.5 Å². The number of rotatable bonds is 31. The quantitative estimate of drug-likeness (QED) is 0.0110. The standard InChI is InChI=1S/C13H16N3O9P.C11H22O2.C9H13N2O7P.C7H12O2.C6H14NO5P.C6H15N.C5H4O2.C3H9N.CH4.HNS/c17-9-1-2-10(18)15(9)8-7-14(26(22,23)24)6-5-13(21)25-16-11(19)3-4-12(16)20;1-5-6-7-8-9-10(12)13-11(2,3)4;12-7-1-2-8(13)11(7)6-5-10(19(16,17)18)4-3-9(14)15;1-5-6(8)9-7(2,3)4;1-2-4-7(13(10,11)12)5-3-6(8)9;1-4-7(5-2)6-3;6-4-1-2-5(7)3-4;1-2-3-4;;1-2/h1-2H,3-8H2,(H2,22,23,24);5-9H2,1-4H3;1-2H,3-6H2,(H,14,15)(H2,16,17,18);5H,1H2,2-4H3;2-5H2,1H3,(H,8,9)(H2,10,11,12);4-6H2,1-3H3;1-2H,3H2;2-4H2,1H3;1H4;1H. The van der Waals surface area contributed by atoms with Crippen molar-refractivity contribution in [2.45, 2.75) is 185 Å². The van der Waals surface area contributed by atoms with Crippen molar-refractivity contribution >= 4 is 113 Å². The Kier molecular flexibility index (Phi) is 59.3.